The second-order valence-corrected chi connectivity index (χ2v) is 6.05. The van der Waals surface area contributed by atoms with Gasteiger partial charge in [-0.2, -0.15) is 0 Å². The topological polar surface area (TPSA) is 90.6 Å². The minimum absolute atomic E-state index is 0.238. The van der Waals surface area contributed by atoms with Gasteiger partial charge in [0.2, 0.25) is 11.7 Å². The van der Waals surface area contributed by atoms with Gasteiger partial charge in [0.05, 0.1) is 18.5 Å². The minimum Gasteiger partial charge on any atom is -0.471 e. The number of pyridine rings is 1. The lowest BCUT2D eigenvalue weighted by Gasteiger charge is -2.10. The van der Waals surface area contributed by atoms with Crippen molar-refractivity contribution in [2.45, 2.75) is 6.61 Å². The van der Waals surface area contributed by atoms with Gasteiger partial charge in [-0.05, 0) is 24.3 Å². The minimum atomic E-state index is -0.692. The van der Waals surface area contributed by atoms with Gasteiger partial charge in [0, 0.05) is 42.0 Å². The summed E-state index contributed by atoms with van der Waals surface area (Å²) in [7, 11) is 1.24. The van der Waals surface area contributed by atoms with Gasteiger partial charge < -0.3 is 9.47 Å². The zero-order chi connectivity index (χ0) is 20.2. The third-order valence-corrected chi connectivity index (χ3v) is 4.08. The van der Waals surface area contributed by atoms with E-state index in [0.717, 1.165) is 0 Å². The van der Waals surface area contributed by atoms with Crippen LogP contribution in [0, 0.1) is 5.82 Å². The van der Waals surface area contributed by atoms with Gasteiger partial charge >= 0.3 is 6.09 Å². The molecule has 1 aromatic carbocycles. The van der Waals surface area contributed by atoms with Crippen molar-refractivity contribution in [1.82, 2.24) is 19.4 Å². The van der Waals surface area contributed by atoms with E-state index in [-0.39, 0.29) is 12.3 Å². The molecule has 0 fully saturated rings. The fourth-order valence-corrected chi connectivity index (χ4v) is 2.76. The molecule has 0 aliphatic heterocycles. The molecular formula is C20H16FN5O3. The number of ether oxygens (including phenoxy) is 2. The molecule has 9 heteroatoms. The lowest BCUT2D eigenvalue weighted by atomic mass is 10.1. The summed E-state index contributed by atoms with van der Waals surface area (Å²) in [4.78, 5) is 24.4. The molecule has 1 N–H and O–H groups in total. The van der Waals surface area contributed by atoms with Gasteiger partial charge in [0.25, 0.3) is 0 Å². The molecule has 0 aliphatic rings. The number of amides is 1. The maximum atomic E-state index is 13.7. The van der Waals surface area contributed by atoms with Crippen LogP contribution in [0.4, 0.5) is 14.9 Å². The van der Waals surface area contributed by atoms with Gasteiger partial charge in [0.1, 0.15) is 12.4 Å². The molecule has 4 aromatic rings. The molecule has 29 heavy (non-hydrogen) atoms. The van der Waals surface area contributed by atoms with Crippen LogP contribution in [0.15, 0.2) is 61.2 Å². The van der Waals surface area contributed by atoms with Crippen LogP contribution >= 0.6 is 0 Å². The molecule has 0 saturated carbocycles. The second kappa shape index (κ2) is 7.93. The monoisotopic (exact) mass is 393 g/mol. The number of hydrogen-bond acceptors (Lipinski definition) is 6. The molecule has 3 heterocycles. The Kier molecular flexibility index (Phi) is 5.02. The van der Waals surface area contributed by atoms with E-state index in [1.54, 1.807) is 41.3 Å². The summed E-state index contributed by atoms with van der Waals surface area (Å²) in [5.74, 6) is 0.506. The third-order valence-electron chi connectivity index (χ3n) is 4.08. The maximum Gasteiger partial charge on any atom is 0.411 e. The highest BCUT2D eigenvalue weighted by Crippen LogP contribution is 2.28. The van der Waals surface area contributed by atoms with Crippen molar-refractivity contribution < 1.29 is 18.7 Å². The first kappa shape index (κ1) is 18.4. The molecule has 0 saturated heterocycles. The number of nitrogens with one attached hydrogen (secondary N) is 1. The zero-order valence-electron chi connectivity index (χ0n) is 15.4. The number of anilines is 1. The Bertz CT molecular complexity index is 1160. The van der Waals surface area contributed by atoms with Gasteiger partial charge in [-0.3, -0.25) is 9.72 Å². The number of carbonyl (C=O) groups is 1. The number of halogens is 1. The van der Waals surface area contributed by atoms with Gasteiger partial charge in [-0.15, -0.1) is 0 Å². The first-order valence-electron chi connectivity index (χ1n) is 8.65. The molecular weight excluding hydrogens is 377 g/mol. The van der Waals surface area contributed by atoms with Crippen molar-refractivity contribution >= 4 is 17.6 Å². The summed E-state index contributed by atoms with van der Waals surface area (Å²) in [6, 6.07) is 9.49. The van der Waals surface area contributed by atoms with Crippen molar-refractivity contribution in [2.24, 2.45) is 0 Å². The maximum absolute atomic E-state index is 13.7. The molecule has 1 amide bonds. The van der Waals surface area contributed by atoms with E-state index in [9.17, 15) is 9.18 Å². The van der Waals surface area contributed by atoms with Crippen molar-refractivity contribution in [2.75, 3.05) is 12.4 Å². The molecule has 0 radical (unpaired) electrons. The van der Waals surface area contributed by atoms with E-state index in [0.29, 0.717) is 28.5 Å². The lowest BCUT2D eigenvalue weighted by molar-refractivity contribution is 0.187. The Morgan fingerprint density at radius 3 is 2.90 bits per heavy atom. The average Bonchev–Trinajstić information content (AvgIpc) is 3.15. The smallest absolute Gasteiger partial charge is 0.411 e. The summed E-state index contributed by atoms with van der Waals surface area (Å²) >= 11 is 0. The van der Waals surface area contributed by atoms with Gasteiger partial charge in [0.15, 0.2) is 0 Å². The predicted octanol–water partition coefficient (Wildman–Crippen LogP) is 3.69. The van der Waals surface area contributed by atoms with E-state index >= 15 is 0 Å². The Hall–Kier alpha value is -4.01. The molecule has 0 unspecified atom stereocenters. The first-order chi connectivity index (χ1) is 14.1. The Balaban J connectivity index is 1.62. The largest absolute Gasteiger partial charge is 0.471 e. The Morgan fingerprint density at radius 1 is 1.21 bits per heavy atom. The van der Waals surface area contributed by atoms with E-state index in [4.69, 9.17) is 4.74 Å². The van der Waals surface area contributed by atoms with Crippen LogP contribution < -0.4 is 10.1 Å². The van der Waals surface area contributed by atoms with Gasteiger partial charge in [-0.1, -0.05) is 6.07 Å². The average molecular weight is 393 g/mol. The lowest BCUT2D eigenvalue weighted by Crippen LogP contribution is -2.12. The van der Waals surface area contributed by atoms with Crippen molar-refractivity contribution in [3.05, 3.63) is 72.7 Å². The Morgan fingerprint density at radius 2 is 2.10 bits per heavy atom. The van der Waals surface area contributed by atoms with Crippen LogP contribution in [0.25, 0.3) is 16.9 Å². The fraction of sp³-hybridized carbons (Fsp3) is 0.100. The highest BCUT2D eigenvalue weighted by atomic mass is 19.1. The SMILES string of the molecule is COC(=O)Nc1cc(F)ccc1-c1cnc2nc(COc3ccccn3)cn2c1. The van der Waals surface area contributed by atoms with Crippen LogP contribution in [0.3, 0.4) is 0 Å². The Labute approximate surface area is 165 Å². The van der Waals surface area contributed by atoms with E-state index in [2.05, 4.69) is 25.0 Å². The zero-order valence-corrected chi connectivity index (χ0v) is 15.4. The number of hydrogen-bond donors (Lipinski definition) is 1. The number of methoxy groups -OCH3 is 1. The molecule has 4 rings (SSSR count). The third kappa shape index (κ3) is 4.13. The number of carbonyl (C=O) groups excluding carboxylic acids is 1. The summed E-state index contributed by atoms with van der Waals surface area (Å²) in [5, 5.41) is 2.51. The van der Waals surface area contributed by atoms with Crippen LogP contribution in [0.1, 0.15) is 5.69 Å². The summed E-state index contributed by atoms with van der Waals surface area (Å²) in [5.41, 5.74) is 2.20. The molecule has 0 aliphatic carbocycles. The number of rotatable bonds is 5. The number of fused-ring (bicyclic) bond motifs is 1. The molecule has 0 spiro atoms. The molecule has 8 nitrogen and oxygen atoms in total. The van der Waals surface area contributed by atoms with E-state index in [1.807, 2.05) is 12.1 Å². The molecule has 3 aromatic heterocycles. The first-order valence-corrected chi connectivity index (χ1v) is 8.65. The number of imidazole rings is 1. The van der Waals surface area contributed by atoms with Gasteiger partial charge in [-0.25, -0.2) is 24.1 Å². The molecule has 0 bridgehead atoms. The second-order valence-electron chi connectivity index (χ2n) is 6.05. The van der Waals surface area contributed by atoms with E-state index < -0.39 is 11.9 Å². The van der Waals surface area contributed by atoms with Crippen molar-refractivity contribution in [3.63, 3.8) is 0 Å². The molecule has 0 atom stereocenters. The highest BCUT2D eigenvalue weighted by Gasteiger charge is 2.12. The fourth-order valence-electron chi connectivity index (χ4n) is 2.76. The summed E-state index contributed by atoms with van der Waals surface area (Å²) < 4.78 is 25.6. The van der Waals surface area contributed by atoms with Crippen LogP contribution in [-0.4, -0.2) is 32.6 Å². The van der Waals surface area contributed by atoms with Crippen LogP contribution in [-0.2, 0) is 11.3 Å². The van der Waals surface area contributed by atoms with Crippen molar-refractivity contribution in [1.29, 1.82) is 0 Å². The number of nitrogens with zero attached hydrogens (tertiary/aromatic N) is 4. The highest BCUT2D eigenvalue weighted by molar-refractivity contribution is 5.91. The van der Waals surface area contributed by atoms with E-state index in [1.165, 1.54) is 19.2 Å². The number of aromatic nitrogens is 4. The predicted molar refractivity (Wildman–Crippen MR) is 103 cm³/mol. The van der Waals surface area contributed by atoms with Crippen LogP contribution in [0.2, 0.25) is 0 Å². The quantitative estimate of drug-likeness (QED) is 0.556. The van der Waals surface area contributed by atoms with Crippen LogP contribution in [0.5, 0.6) is 5.88 Å². The molecule has 146 valence electrons. The normalized spacial score (nSPS) is 10.7. The van der Waals surface area contributed by atoms with Crippen molar-refractivity contribution in [3.8, 4) is 17.0 Å². The summed E-state index contributed by atoms with van der Waals surface area (Å²) in [6.07, 6.45) is 6.13. The number of benzene rings is 1. The standard InChI is InChI=1S/C20H16FN5O3/c1-28-20(27)25-17-8-14(21)5-6-16(17)13-9-23-19-24-15(11-26(19)10-13)12-29-18-4-2-3-7-22-18/h2-11H,12H2,1H3,(H,25,27). The summed E-state index contributed by atoms with van der Waals surface area (Å²) in [6.45, 7) is 0.238.